The first-order valence-electron chi connectivity index (χ1n) is 5.91. The van der Waals surface area contributed by atoms with Gasteiger partial charge in [0.15, 0.2) is 5.82 Å². The van der Waals surface area contributed by atoms with Crippen LogP contribution in [0.25, 0.3) is 0 Å². The van der Waals surface area contributed by atoms with Crippen molar-refractivity contribution in [2.75, 3.05) is 6.61 Å². The first-order chi connectivity index (χ1) is 7.79. The fourth-order valence-electron chi connectivity index (χ4n) is 1.84. The van der Waals surface area contributed by atoms with E-state index >= 15 is 0 Å². The maximum atomic E-state index is 9.51. The van der Waals surface area contributed by atoms with Crippen molar-refractivity contribution in [3.8, 4) is 0 Å². The molecule has 0 radical (unpaired) electrons. The fraction of sp³-hybridized carbons (Fsp3) is 0.818. The molecule has 0 bridgehead atoms. The molecular weight excluding hydrogens is 208 g/mol. The topological polar surface area (TPSA) is 68.4 Å². The lowest BCUT2D eigenvalue weighted by molar-refractivity contribution is 0.102. The lowest BCUT2D eigenvalue weighted by Crippen LogP contribution is -2.06. The summed E-state index contributed by atoms with van der Waals surface area (Å²) in [6, 6.07) is 0. The van der Waals surface area contributed by atoms with Crippen LogP contribution in [0.15, 0.2) is 4.52 Å². The molecule has 2 unspecified atom stereocenters. The van der Waals surface area contributed by atoms with E-state index in [9.17, 15) is 5.11 Å². The van der Waals surface area contributed by atoms with Gasteiger partial charge < -0.3 is 14.4 Å². The molecule has 1 aromatic heterocycles. The molecule has 0 spiro atoms. The summed E-state index contributed by atoms with van der Waals surface area (Å²) in [4.78, 5) is 4.16. The highest BCUT2D eigenvalue weighted by Gasteiger charge is 2.18. The molecule has 16 heavy (non-hydrogen) atoms. The Morgan fingerprint density at radius 1 is 1.56 bits per heavy atom. The zero-order valence-corrected chi connectivity index (χ0v) is 9.56. The Hall–Kier alpha value is -0.940. The number of hydrogen-bond donors (Lipinski definition) is 1. The summed E-state index contributed by atoms with van der Waals surface area (Å²) in [7, 11) is 0. The van der Waals surface area contributed by atoms with E-state index in [0.717, 1.165) is 32.3 Å². The molecule has 5 heteroatoms. The molecule has 1 saturated heterocycles. The average molecular weight is 226 g/mol. The van der Waals surface area contributed by atoms with Crippen LogP contribution < -0.4 is 0 Å². The number of aliphatic hydroxyl groups is 1. The Balaban J connectivity index is 1.82. The van der Waals surface area contributed by atoms with Crippen LogP contribution in [0.4, 0.5) is 0 Å². The summed E-state index contributed by atoms with van der Waals surface area (Å²) in [5.74, 6) is 0.989. The monoisotopic (exact) mass is 226 g/mol. The molecule has 0 aliphatic carbocycles. The molecular formula is C11H18N2O3. The normalized spacial score (nSPS) is 22.5. The Labute approximate surface area is 94.8 Å². The molecule has 5 nitrogen and oxygen atoms in total. The lowest BCUT2D eigenvalue weighted by Gasteiger charge is -2.05. The van der Waals surface area contributed by atoms with Crippen LogP contribution in [0.3, 0.4) is 0 Å². The van der Waals surface area contributed by atoms with Crippen molar-refractivity contribution in [1.82, 2.24) is 10.1 Å². The SMILES string of the molecule is CCC(O)c1noc(CCC2CCCO2)n1. The van der Waals surface area contributed by atoms with Crippen molar-refractivity contribution in [3.63, 3.8) is 0 Å². The summed E-state index contributed by atoms with van der Waals surface area (Å²) in [6.07, 6.45) is 4.25. The Kier molecular flexibility index (Phi) is 3.90. The summed E-state index contributed by atoms with van der Waals surface area (Å²) in [5, 5.41) is 13.3. The molecule has 0 aromatic carbocycles. The van der Waals surface area contributed by atoms with Gasteiger partial charge in [0.2, 0.25) is 5.89 Å². The van der Waals surface area contributed by atoms with Gasteiger partial charge in [0, 0.05) is 13.0 Å². The van der Waals surface area contributed by atoms with Crippen molar-refractivity contribution in [3.05, 3.63) is 11.7 Å². The molecule has 0 saturated carbocycles. The molecule has 0 amide bonds. The van der Waals surface area contributed by atoms with E-state index < -0.39 is 6.10 Å². The van der Waals surface area contributed by atoms with Crippen molar-refractivity contribution in [2.45, 2.75) is 51.2 Å². The number of aromatic nitrogens is 2. The number of ether oxygens (including phenoxy) is 1. The number of rotatable bonds is 5. The number of nitrogens with zero attached hydrogens (tertiary/aromatic N) is 2. The van der Waals surface area contributed by atoms with E-state index in [4.69, 9.17) is 9.26 Å². The van der Waals surface area contributed by atoms with Crippen LogP contribution in [-0.2, 0) is 11.2 Å². The Bertz CT molecular complexity index is 321. The first kappa shape index (κ1) is 11.5. The number of aryl methyl sites for hydroxylation is 1. The predicted octanol–water partition coefficient (Wildman–Crippen LogP) is 1.62. The highest BCUT2D eigenvalue weighted by atomic mass is 16.5. The fourth-order valence-corrected chi connectivity index (χ4v) is 1.84. The molecule has 1 aliphatic rings. The van der Waals surface area contributed by atoms with Gasteiger partial charge in [-0.3, -0.25) is 0 Å². The van der Waals surface area contributed by atoms with E-state index in [1.54, 1.807) is 0 Å². The van der Waals surface area contributed by atoms with Crippen LogP contribution in [0.1, 0.15) is 50.4 Å². The zero-order valence-electron chi connectivity index (χ0n) is 9.56. The van der Waals surface area contributed by atoms with Gasteiger partial charge in [-0.2, -0.15) is 4.98 Å². The van der Waals surface area contributed by atoms with E-state index in [-0.39, 0.29) is 0 Å². The molecule has 1 N–H and O–H groups in total. The van der Waals surface area contributed by atoms with Gasteiger partial charge in [-0.05, 0) is 25.7 Å². The summed E-state index contributed by atoms with van der Waals surface area (Å²) >= 11 is 0. The highest BCUT2D eigenvalue weighted by Crippen LogP contribution is 2.18. The third kappa shape index (κ3) is 2.80. The van der Waals surface area contributed by atoms with Crippen molar-refractivity contribution in [1.29, 1.82) is 0 Å². The average Bonchev–Trinajstić information content (AvgIpc) is 2.96. The lowest BCUT2D eigenvalue weighted by atomic mass is 10.1. The molecule has 2 heterocycles. The summed E-state index contributed by atoms with van der Waals surface area (Å²) < 4.78 is 10.6. The van der Waals surface area contributed by atoms with E-state index in [1.165, 1.54) is 0 Å². The third-order valence-corrected chi connectivity index (χ3v) is 2.87. The van der Waals surface area contributed by atoms with Gasteiger partial charge in [-0.25, -0.2) is 0 Å². The summed E-state index contributed by atoms with van der Waals surface area (Å²) in [5.41, 5.74) is 0. The minimum absolute atomic E-state index is 0.339. The predicted molar refractivity (Wildman–Crippen MR) is 56.8 cm³/mol. The maximum Gasteiger partial charge on any atom is 0.226 e. The van der Waals surface area contributed by atoms with Crippen LogP contribution in [0.5, 0.6) is 0 Å². The second-order valence-electron chi connectivity index (χ2n) is 4.14. The number of hydrogen-bond acceptors (Lipinski definition) is 5. The third-order valence-electron chi connectivity index (χ3n) is 2.87. The van der Waals surface area contributed by atoms with Crippen molar-refractivity contribution in [2.24, 2.45) is 0 Å². The molecule has 2 rings (SSSR count). The van der Waals surface area contributed by atoms with Gasteiger partial charge in [0.05, 0.1) is 6.10 Å². The van der Waals surface area contributed by atoms with Crippen LogP contribution in [0.2, 0.25) is 0 Å². The van der Waals surface area contributed by atoms with E-state index in [2.05, 4.69) is 10.1 Å². The second-order valence-corrected chi connectivity index (χ2v) is 4.14. The first-order valence-corrected chi connectivity index (χ1v) is 5.91. The standard InChI is InChI=1S/C11H18N2O3/c1-2-9(14)11-12-10(16-13-11)6-5-8-4-3-7-15-8/h8-9,14H,2-7H2,1H3. The highest BCUT2D eigenvalue weighted by molar-refractivity contribution is 4.90. The van der Waals surface area contributed by atoms with Gasteiger partial charge in [0.25, 0.3) is 0 Å². The zero-order chi connectivity index (χ0) is 11.4. The van der Waals surface area contributed by atoms with E-state index in [0.29, 0.717) is 24.2 Å². The molecule has 1 fully saturated rings. The molecule has 2 atom stereocenters. The quantitative estimate of drug-likeness (QED) is 0.826. The minimum atomic E-state index is -0.611. The van der Waals surface area contributed by atoms with Gasteiger partial charge in [-0.1, -0.05) is 12.1 Å². The minimum Gasteiger partial charge on any atom is -0.385 e. The van der Waals surface area contributed by atoms with Crippen LogP contribution in [0, 0.1) is 0 Å². The van der Waals surface area contributed by atoms with Crippen LogP contribution in [-0.4, -0.2) is 28.0 Å². The largest absolute Gasteiger partial charge is 0.385 e. The molecule has 90 valence electrons. The second kappa shape index (κ2) is 5.41. The smallest absolute Gasteiger partial charge is 0.226 e. The van der Waals surface area contributed by atoms with E-state index in [1.807, 2.05) is 6.92 Å². The Morgan fingerprint density at radius 3 is 3.12 bits per heavy atom. The molecule has 1 aromatic rings. The van der Waals surface area contributed by atoms with Gasteiger partial charge in [-0.15, -0.1) is 0 Å². The van der Waals surface area contributed by atoms with Gasteiger partial charge in [0.1, 0.15) is 6.10 Å². The molecule has 1 aliphatic heterocycles. The maximum absolute atomic E-state index is 9.51. The van der Waals surface area contributed by atoms with Crippen LogP contribution >= 0.6 is 0 Å². The van der Waals surface area contributed by atoms with Crippen molar-refractivity contribution >= 4 is 0 Å². The van der Waals surface area contributed by atoms with Crippen molar-refractivity contribution < 1.29 is 14.4 Å². The Morgan fingerprint density at radius 2 is 2.44 bits per heavy atom. The summed E-state index contributed by atoms with van der Waals surface area (Å²) in [6.45, 7) is 2.75. The van der Waals surface area contributed by atoms with Gasteiger partial charge >= 0.3 is 0 Å². The number of aliphatic hydroxyl groups excluding tert-OH is 1.